The minimum Gasteiger partial charge on any atom is -0.398 e. The van der Waals surface area contributed by atoms with Crippen molar-refractivity contribution in [3.8, 4) is 0 Å². The monoisotopic (exact) mass is 395 g/mol. The Kier molecular flexibility index (Phi) is 5.75. The van der Waals surface area contributed by atoms with Gasteiger partial charge in [-0.2, -0.15) is 0 Å². The van der Waals surface area contributed by atoms with Crippen molar-refractivity contribution in [1.82, 2.24) is 4.98 Å². The van der Waals surface area contributed by atoms with Crippen molar-refractivity contribution in [2.75, 3.05) is 11.1 Å². The molecule has 1 heterocycles. The molecule has 0 atom stereocenters. The minimum atomic E-state index is -0.135. The number of aryl methyl sites for hydroxylation is 3. The van der Waals surface area contributed by atoms with Crippen molar-refractivity contribution in [1.29, 1.82) is 0 Å². The van der Waals surface area contributed by atoms with Crippen LogP contribution in [0.25, 0.3) is 10.9 Å². The maximum atomic E-state index is 12.6. The van der Waals surface area contributed by atoms with Crippen LogP contribution in [0.3, 0.4) is 0 Å². The molecule has 0 saturated carbocycles. The van der Waals surface area contributed by atoms with Crippen LogP contribution in [0.1, 0.15) is 33.6 Å². The van der Waals surface area contributed by atoms with Gasteiger partial charge in [0.25, 0.3) is 5.91 Å². The highest BCUT2D eigenvalue weighted by Gasteiger charge is 2.08. The maximum Gasteiger partial charge on any atom is 0.255 e. The summed E-state index contributed by atoms with van der Waals surface area (Å²) in [4.78, 5) is 17.1. The van der Waals surface area contributed by atoms with E-state index in [1.807, 2.05) is 61.5 Å². The van der Waals surface area contributed by atoms with Crippen LogP contribution in [0.15, 0.2) is 78.9 Å². The van der Waals surface area contributed by atoms with Crippen LogP contribution >= 0.6 is 0 Å². The largest absolute Gasteiger partial charge is 0.398 e. The molecule has 0 fully saturated rings. The Morgan fingerprint density at radius 3 is 2.33 bits per heavy atom. The maximum absolute atomic E-state index is 12.6. The van der Waals surface area contributed by atoms with Crippen LogP contribution in [0, 0.1) is 6.92 Å². The van der Waals surface area contributed by atoms with Gasteiger partial charge in [-0.1, -0.05) is 42.5 Å². The topological polar surface area (TPSA) is 68.0 Å². The molecule has 0 bridgehead atoms. The van der Waals surface area contributed by atoms with Crippen LogP contribution < -0.4 is 11.1 Å². The normalized spacial score (nSPS) is 10.8. The molecule has 0 aliphatic rings. The van der Waals surface area contributed by atoms with E-state index in [1.54, 1.807) is 0 Å². The zero-order valence-corrected chi connectivity index (χ0v) is 17.1. The van der Waals surface area contributed by atoms with Crippen molar-refractivity contribution in [3.05, 3.63) is 101 Å². The number of pyridine rings is 1. The van der Waals surface area contributed by atoms with Gasteiger partial charge >= 0.3 is 0 Å². The van der Waals surface area contributed by atoms with E-state index >= 15 is 0 Å². The molecule has 30 heavy (non-hydrogen) atoms. The molecule has 0 saturated heterocycles. The fourth-order valence-corrected chi connectivity index (χ4v) is 3.63. The molecule has 4 aromatic rings. The summed E-state index contributed by atoms with van der Waals surface area (Å²) in [7, 11) is 0. The second-order valence-corrected chi connectivity index (χ2v) is 7.57. The number of aromatic nitrogens is 1. The number of hydrogen-bond donors (Lipinski definition) is 2. The molecule has 0 aliphatic heterocycles. The van der Waals surface area contributed by atoms with E-state index in [9.17, 15) is 4.79 Å². The van der Waals surface area contributed by atoms with Gasteiger partial charge in [0.05, 0.1) is 5.52 Å². The Morgan fingerprint density at radius 1 is 0.900 bits per heavy atom. The molecule has 1 aromatic heterocycles. The number of nitrogens with zero attached hydrogens (tertiary/aromatic N) is 1. The highest BCUT2D eigenvalue weighted by molar-refractivity contribution is 6.05. The zero-order valence-electron chi connectivity index (χ0n) is 17.1. The van der Waals surface area contributed by atoms with Crippen LogP contribution in [0.5, 0.6) is 0 Å². The number of nitrogen functional groups attached to an aromatic ring is 1. The van der Waals surface area contributed by atoms with Crippen LogP contribution in [-0.4, -0.2) is 10.9 Å². The average molecular weight is 396 g/mol. The second-order valence-electron chi connectivity index (χ2n) is 7.57. The lowest BCUT2D eigenvalue weighted by molar-refractivity contribution is 0.102. The van der Waals surface area contributed by atoms with Crippen molar-refractivity contribution in [3.63, 3.8) is 0 Å². The van der Waals surface area contributed by atoms with Gasteiger partial charge in [-0.3, -0.25) is 9.78 Å². The highest BCUT2D eigenvalue weighted by atomic mass is 16.1. The van der Waals surface area contributed by atoms with Crippen molar-refractivity contribution in [2.45, 2.75) is 26.2 Å². The van der Waals surface area contributed by atoms with Gasteiger partial charge < -0.3 is 11.1 Å². The van der Waals surface area contributed by atoms with E-state index in [-0.39, 0.29) is 5.91 Å². The van der Waals surface area contributed by atoms with E-state index in [1.165, 1.54) is 11.1 Å². The lowest BCUT2D eigenvalue weighted by Crippen LogP contribution is -2.12. The van der Waals surface area contributed by atoms with E-state index < -0.39 is 0 Å². The summed E-state index contributed by atoms with van der Waals surface area (Å²) < 4.78 is 0. The third-order valence-electron chi connectivity index (χ3n) is 5.22. The number of nitrogens with two attached hydrogens (primary N) is 1. The molecule has 4 rings (SSSR count). The van der Waals surface area contributed by atoms with E-state index in [4.69, 9.17) is 5.73 Å². The summed E-state index contributed by atoms with van der Waals surface area (Å²) in [5, 5.41) is 3.79. The molecular weight excluding hydrogens is 370 g/mol. The number of carbonyl (C=O) groups is 1. The average Bonchev–Trinajstić information content (AvgIpc) is 2.75. The molecule has 3 aromatic carbocycles. The number of rotatable bonds is 6. The van der Waals surface area contributed by atoms with E-state index in [0.717, 1.165) is 35.9 Å². The number of nitrogens with one attached hydrogen (secondary N) is 1. The predicted molar refractivity (Wildman–Crippen MR) is 124 cm³/mol. The summed E-state index contributed by atoms with van der Waals surface area (Å²) in [6.07, 6.45) is 3.14. The second kappa shape index (κ2) is 8.78. The SMILES string of the molecule is Cc1cc(N)c2cc(NC(=O)c3ccc(CCCc4ccccc4)cc3)ccc2n1. The Labute approximate surface area is 176 Å². The minimum absolute atomic E-state index is 0.135. The van der Waals surface area contributed by atoms with Crippen LogP contribution in [-0.2, 0) is 12.8 Å². The highest BCUT2D eigenvalue weighted by Crippen LogP contribution is 2.24. The summed E-state index contributed by atoms with van der Waals surface area (Å²) in [5.74, 6) is -0.135. The van der Waals surface area contributed by atoms with Gasteiger partial charge in [0, 0.05) is 28.0 Å². The lowest BCUT2D eigenvalue weighted by atomic mass is 10.0. The van der Waals surface area contributed by atoms with E-state index in [2.05, 4.69) is 34.6 Å². The van der Waals surface area contributed by atoms with Gasteiger partial charge in [0.15, 0.2) is 0 Å². The summed E-state index contributed by atoms with van der Waals surface area (Å²) in [6, 6.07) is 25.8. The number of anilines is 2. The Morgan fingerprint density at radius 2 is 1.60 bits per heavy atom. The lowest BCUT2D eigenvalue weighted by Gasteiger charge is -2.09. The molecule has 0 radical (unpaired) electrons. The molecule has 150 valence electrons. The molecular formula is C26H25N3O. The fraction of sp³-hybridized carbons (Fsp3) is 0.154. The molecule has 3 N–H and O–H groups in total. The number of carbonyl (C=O) groups excluding carboxylic acids is 1. The first kappa shape index (κ1) is 19.6. The molecule has 4 heteroatoms. The molecule has 1 amide bonds. The van der Waals surface area contributed by atoms with Crippen LogP contribution in [0.2, 0.25) is 0 Å². The van der Waals surface area contributed by atoms with Gasteiger partial charge in [0.1, 0.15) is 0 Å². The summed E-state index contributed by atoms with van der Waals surface area (Å²) >= 11 is 0. The molecule has 0 aliphatic carbocycles. The summed E-state index contributed by atoms with van der Waals surface area (Å²) in [6.45, 7) is 1.91. The Bertz CT molecular complexity index is 1170. The third kappa shape index (κ3) is 4.66. The van der Waals surface area contributed by atoms with Gasteiger partial charge in [-0.05, 0) is 73.7 Å². The van der Waals surface area contributed by atoms with Gasteiger partial charge in [-0.25, -0.2) is 0 Å². The van der Waals surface area contributed by atoms with Crippen LogP contribution in [0.4, 0.5) is 11.4 Å². The Balaban J connectivity index is 1.38. The van der Waals surface area contributed by atoms with Crippen molar-refractivity contribution < 1.29 is 4.79 Å². The molecule has 0 unspecified atom stereocenters. The zero-order chi connectivity index (χ0) is 20.9. The standard InChI is InChI=1S/C26H25N3O/c1-18-16-24(27)23-17-22(14-15-25(23)28-18)29-26(30)21-12-10-20(11-13-21)9-5-8-19-6-3-2-4-7-19/h2-4,6-7,10-17H,5,8-9H2,1H3,(H2,27,28)(H,29,30). The number of hydrogen-bond acceptors (Lipinski definition) is 3. The number of amides is 1. The van der Waals surface area contributed by atoms with Crippen molar-refractivity contribution >= 4 is 28.2 Å². The number of fused-ring (bicyclic) bond motifs is 1. The molecule has 4 nitrogen and oxygen atoms in total. The quantitative estimate of drug-likeness (QED) is 0.449. The third-order valence-corrected chi connectivity index (χ3v) is 5.22. The smallest absolute Gasteiger partial charge is 0.255 e. The van der Waals surface area contributed by atoms with Crippen molar-refractivity contribution in [2.24, 2.45) is 0 Å². The first-order valence-electron chi connectivity index (χ1n) is 10.2. The predicted octanol–water partition coefficient (Wildman–Crippen LogP) is 5.55. The Hall–Kier alpha value is -3.66. The van der Waals surface area contributed by atoms with E-state index in [0.29, 0.717) is 16.9 Å². The first-order chi connectivity index (χ1) is 14.6. The van der Waals surface area contributed by atoms with Gasteiger partial charge in [0.2, 0.25) is 0 Å². The summed E-state index contributed by atoms with van der Waals surface area (Å²) in [5.41, 5.74) is 12.4. The number of benzene rings is 3. The first-order valence-corrected chi connectivity index (χ1v) is 10.2. The fourth-order valence-electron chi connectivity index (χ4n) is 3.63. The molecule has 0 spiro atoms. The van der Waals surface area contributed by atoms with Gasteiger partial charge in [-0.15, -0.1) is 0 Å².